The first kappa shape index (κ1) is 28.3. The molecule has 0 radical (unpaired) electrons. The van der Waals surface area contributed by atoms with Crippen LogP contribution in [0.1, 0.15) is 12.0 Å². The molecule has 0 aliphatic carbocycles. The Hall–Kier alpha value is -5.19. The third-order valence-corrected chi connectivity index (χ3v) is 7.32. The number of aromatic nitrogens is 1. The standard InChI is InChI=1S/C31H31N3O8/c1-37-23-13-20(14-24(38-2)28(23)41-5)33-30(36)31(19-9-10-22-18(12-19)8-7-11-32-22)17-27(35)34(31)21-15-25(39-3)29(42-6)26(16-21)40-4/h7-16H,17H2,1-6H3,(H,33,36). The van der Waals surface area contributed by atoms with Gasteiger partial charge in [0.1, 0.15) is 0 Å². The van der Waals surface area contributed by atoms with Crippen LogP contribution in [-0.4, -0.2) is 59.5 Å². The van der Waals surface area contributed by atoms with E-state index in [0.29, 0.717) is 51.4 Å². The SMILES string of the molecule is COc1cc(NC(=O)C2(c3ccc4ncccc4c3)CC(=O)N2c2cc(OC)c(OC)c(OC)c2)cc(OC)c1OC. The van der Waals surface area contributed by atoms with Crippen molar-refractivity contribution >= 4 is 34.1 Å². The number of β-lactam (4-membered cyclic amide) rings is 1. The van der Waals surface area contributed by atoms with Gasteiger partial charge in [-0.2, -0.15) is 0 Å². The van der Waals surface area contributed by atoms with Gasteiger partial charge >= 0.3 is 0 Å². The summed E-state index contributed by atoms with van der Waals surface area (Å²) in [5.41, 5.74) is 0.701. The molecule has 2 heterocycles. The number of carbonyl (C=O) groups excluding carboxylic acids is 2. The van der Waals surface area contributed by atoms with Crippen molar-refractivity contribution in [2.75, 3.05) is 52.9 Å². The molecule has 11 nitrogen and oxygen atoms in total. The molecule has 218 valence electrons. The van der Waals surface area contributed by atoms with E-state index in [1.54, 1.807) is 30.5 Å². The monoisotopic (exact) mass is 573 g/mol. The van der Waals surface area contributed by atoms with E-state index in [-0.39, 0.29) is 12.3 Å². The summed E-state index contributed by atoms with van der Waals surface area (Å²) in [6.07, 6.45) is 1.61. The second-order valence-electron chi connectivity index (χ2n) is 9.43. The highest BCUT2D eigenvalue weighted by Gasteiger charge is 2.59. The topological polar surface area (TPSA) is 118 Å². The molecule has 5 rings (SSSR count). The number of rotatable bonds is 10. The van der Waals surface area contributed by atoms with Crippen LogP contribution in [0.2, 0.25) is 0 Å². The van der Waals surface area contributed by atoms with Crippen molar-refractivity contribution < 1.29 is 38.0 Å². The lowest BCUT2D eigenvalue weighted by Gasteiger charge is -2.50. The van der Waals surface area contributed by atoms with E-state index in [1.807, 2.05) is 30.3 Å². The highest BCUT2D eigenvalue weighted by molar-refractivity contribution is 6.17. The summed E-state index contributed by atoms with van der Waals surface area (Å²) in [4.78, 5) is 33.7. The average molecular weight is 574 g/mol. The number of amides is 2. The number of ether oxygens (including phenoxy) is 6. The zero-order chi connectivity index (χ0) is 30.0. The normalized spacial score (nSPS) is 16.0. The van der Waals surface area contributed by atoms with Gasteiger partial charge in [-0.3, -0.25) is 19.5 Å². The van der Waals surface area contributed by atoms with Crippen molar-refractivity contribution in [2.24, 2.45) is 0 Å². The smallest absolute Gasteiger partial charge is 0.255 e. The van der Waals surface area contributed by atoms with Crippen LogP contribution in [0, 0.1) is 0 Å². The van der Waals surface area contributed by atoms with E-state index in [9.17, 15) is 9.59 Å². The molecule has 11 heteroatoms. The lowest BCUT2D eigenvalue weighted by atomic mass is 9.75. The fraction of sp³-hybridized carbons (Fsp3) is 0.258. The predicted molar refractivity (Wildman–Crippen MR) is 156 cm³/mol. The second-order valence-corrected chi connectivity index (χ2v) is 9.43. The third kappa shape index (κ3) is 4.52. The molecule has 1 aliphatic rings. The molecule has 3 aromatic carbocycles. The van der Waals surface area contributed by atoms with Gasteiger partial charge in [-0.25, -0.2) is 0 Å². The third-order valence-electron chi connectivity index (χ3n) is 7.32. The van der Waals surface area contributed by atoms with Crippen molar-refractivity contribution in [3.8, 4) is 34.5 Å². The molecule has 1 atom stereocenters. The minimum Gasteiger partial charge on any atom is -0.493 e. The Morgan fingerprint density at radius 2 is 1.36 bits per heavy atom. The number of methoxy groups -OCH3 is 6. The van der Waals surface area contributed by atoms with Crippen molar-refractivity contribution in [3.05, 3.63) is 66.4 Å². The Balaban J connectivity index is 1.68. The van der Waals surface area contributed by atoms with Crippen molar-refractivity contribution in [2.45, 2.75) is 12.0 Å². The molecule has 1 unspecified atom stereocenters. The van der Waals surface area contributed by atoms with E-state index in [4.69, 9.17) is 28.4 Å². The number of nitrogens with one attached hydrogen (secondary N) is 1. The van der Waals surface area contributed by atoms with E-state index < -0.39 is 11.4 Å². The molecule has 0 spiro atoms. The van der Waals surface area contributed by atoms with Gasteiger partial charge in [0.25, 0.3) is 5.91 Å². The molecule has 0 bridgehead atoms. The van der Waals surface area contributed by atoms with Gasteiger partial charge in [-0.1, -0.05) is 12.1 Å². The zero-order valence-corrected chi connectivity index (χ0v) is 24.1. The zero-order valence-electron chi connectivity index (χ0n) is 24.1. The number of nitrogens with zero attached hydrogens (tertiary/aromatic N) is 2. The summed E-state index contributed by atoms with van der Waals surface area (Å²) >= 11 is 0. The Morgan fingerprint density at radius 1 is 0.786 bits per heavy atom. The molecular weight excluding hydrogens is 542 g/mol. The molecule has 42 heavy (non-hydrogen) atoms. The van der Waals surface area contributed by atoms with Crippen molar-refractivity contribution in [1.29, 1.82) is 0 Å². The highest BCUT2D eigenvalue weighted by Crippen LogP contribution is 2.50. The van der Waals surface area contributed by atoms with E-state index in [1.165, 1.54) is 47.6 Å². The van der Waals surface area contributed by atoms with Crippen LogP contribution in [0.3, 0.4) is 0 Å². The maximum atomic E-state index is 14.4. The van der Waals surface area contributed by atoms with Crippen LogP contribution in [0.25, 0.3) is 10.9 Å². The molecule has 1 aliphatic heterocycles. The van der Waals surface area contributed by atoms with Crippen LogP contribution in [0.15, 0.2) is 60.8 Å². The van der Waals surface area contributed by atoms with Gasteiger partial charge in [0.2, 0.25) is 17.4 Å². The molecule has 0 saturated carbocycles. The van der Waals surface area contributed by atoms with Gasteiger partial charge in [-0.05, 0) is 23.8 Å². The second kappa shape index (κ2) is 11.4. The number of carbonyl (C=O) groups is 2. The fourth-order valence-electron chi connectivity index (χ4n) is 5.32. The summed E-state index contributed by atoms with van der Waals surface area (Å²) in [6.45, 7) is 0. The number of hydrogen-bond donors (Lipinski definition) is 1. The number of pyridine rings is 1. The summed E-state index contributed by atoms with van der Waals surface area (Å²) in [7, 11) is 8.94. The Labute approximate surface area is 242 Å². The first-order valence-corrected chi connectivity index (χ1v) is 12.9. The minimum absolute atomic E-state index is 0.0916. The number of hydrogen-bond acceptors (Lipinski definition) is 9. The quantitative estimate of drug-likeness (QED) is 0.273. The van der Waals surface area contributed by atoms with Crippen LogP contribution in [-0.2, 0) is 15.1 Å². The highest BCUT2D eigenvalue weighted by atomic mass is 16.5. The van der Waals surface area contributed by atoms with E-state index in [2.05, 4.69) is 10.3 Å². The number of fused-ring (bicyclic) bond motifs is 1. The van der Waals surface area contributed by atoms with Gasteiger partial charge in [-0.15, -0.1) is 0 Å². The minimum atomic E-state index is -1.44. The van der Waals surface area contributed by atoms with E-state index >= 15 is 0 Å². The maximum Gasteiger partial charge on any atom is 0.255 e. The van der Waals surface area contributed by atoms with Gasteiger partial charge in [0.15, 0.2) is 28.5 Å². The number of anilines is 2. The fourth-order valence-corrected chi connectivity index (χ4v) is 5.32. The predicted octanol–water partition coefficient (Wildman–Crippen LogP) is 4.56. The van der Waals surface area contributed by atoms with Gasteiger partial charge in [0.05, 0.1) is 60.3 Å². The van der Waals surface area contributed by atoms with Crippen molar-refractivity contribution in [3.63, 3.8) is 0 Å². The summed E-state index contributed by atoms with van der Waals surface area (Å²) in [5.74, 6) is 1.44. The van der Waals surface area contributed by atoms with Crippen LogP contribution < -0.4 is 38.6 Å². The lowest BCUT2D eigenvalue weighted by molar-refractivity contribution is -0.137. The molecule has 1 fully saturated rings. The Bertz CT molecular complexity index is 1620. The number of benzene rings is 3. The summed E-state index contributed by atoms with van der Waals surface area (Å²) in [5, 5.41) is 3.80. The summed E-state index contributed by atoms with van der Waals surface area (Å²) < 4.78 is 32.9. The lowest BCUT2D eigenvalue weighted by Crippen LogP contribution is -2.67. The molecule has 1 saturated heterocycles. The molecule has 1 aromatic heterocycles. The Morgan fingerprint density at radius 3 is 1.88 bits per heavy atom. The first-order valence-electron chi connectivity index (χ1n) is 12.9. The largest absolute Gasteiger partial charge is 0.493 e. The maximum absolute atomic E-state index is 14.4. The van der Waals surface area contributed by atoms with Gasteiger partial charge < -0.3 is 33.7 Å². The van der Waals surface area contributed by atoms with Crippen molar-refractivity contribution in [1.82, 2.24) is 4.98 Å². The van der Waals surface area contributed by atoms with Crippen LogP contribution in [0.4, 0.5) is 11.4 Å². The molecule has 4 aromatic rings. The van der Waals surface area contributed by atoms with Gasteiger partial charge in [0, 0.05) is 41.5 Å². The van der Waals surface area contributed by atoms with E-state index in [0.717, 1.165) is 10.9 Å². The molecule has 2 amide bonds. The average Bonchev–Trinajstić information content (AvgIpc) is 3.01. The molecule has 1 N–H and O–H groups in total. The van der Waals surface area contributed by atoms with Crippen LogP contribution >= 0.6 is 0 Å². The van der Waals surface area contributed by atoms with Crippen LogP contribution in [0.5, 0.6) is 34.5 Å². The first-order chi connectivity index (χ1) is 20.3. The Kier molecular flexibility index (Phi) is 7.66. The summed E-state index contributed by atoms with van der Waals surface area (Å²) in [6, 6.07) is 15.8. The molecular formula is C31H31N3O8.